The van der Waals surface area contributed by atoms with Gasteiger partial charge in [-0.1, -0.05) is 0 Å². The van der Waals surface area contributed by atoms with Gasteiger partial charge in [-0.3, -0.25) is 14.3 Å². The fourth-order valence-electron chi connectivity index (χ4n) is 2.03. The minimum atomic E-state index is -1.32. The molecular weight excluding hydrogens is 256 g/mol. The summed E-state index contributed by atoms with van der Waals surface area (Å²) < 4.78 is 1.29. The molecule has 0 amide bonds. The lowest BCUT2D eigenvalue weighted by molar-refractivity contribution is 0.0693. The normalized spacial score (nSPS) is 19.7. The molecule has 1 unspecified atom stereocenters. The molecule has 1 aromatic heterocycles. The Balaban J connectivity index is 2.26. The van der Waals surface area contributed by atoms with Crippen molar-refractivity contribution in [2.75, 3.05) is 11.5 Å². The van der Waals surface area contributed by atoms with Crippen LogP contribution in [0.25, 0.3) is 0 Å². The zero-order chi connectivity index (χ0) is 13.1. The third kappa shape index (κ3) is 2.84. The van der Waals surface area contributed by atoms with Crippen LogP contribution in [0.15, 0.2) is 15.8 Å². The van der Waals surface area contributed by atoms with Crippen molar-refractivity contribution in [3.05, 3.63) is 32.6 Å². The molecule has 2 heterocycles. The summed E-state index contributed by atoms with van der Waals surface area (Å²) in [5.41, 5.74) is -1.78. The number of carbonyl (C=O) groups is 1. The molecule has 6 nitrogen and oxygen atoms in total. The smallest absolute Gasteiger partial charge is 0.342 e. The zero-order valence-electron chi connectivity index (χ0n) is 9.72. The Morgan fingerprint density at radius 3 is 2.94 bits per heavy atom. The number of carboxylic acids is 1. The van der Waals surface area contributed by atoms with Crippen LogP contribution in [0, 0.1) is 5.92 Å². The quantitative estimate of drug-likeness (QED) is 0.828. The van der Waals surface area contributed by atoms with Crippen molar-refractivity contribution >= 4 is 17.7 Å². The molecule has 0 aromatic carbocycles. The van der Waals surface area contributed by atoms with Gasteiger partial charge in [0.05, 0.1) is 0 Å². The molecule has 7 heteroatoms. The Morgan fingerprint density at radius 2 is 2.33 bits per heavy atom. The van der Waals surface area contributed by atoms with Crippen LogP contribution < -0.4 is 11.2 Å². The first-order valence-corrected chi connectivity index (χ1v) is 6.88. The summed E-state index contributed by atoms with van der Waals surface area (Å²) in [5, 5.41) is 8.85. The number of rotatable bonds is 3. The molecule has 98 valence electrons. The van der Waals surface area contributed by atoms with Gasteiger partial charge in [-0.2, -0.15) is 11.8 Å². The monoisotopic (exact) mass is 270 g/mol. The summed E-state index contributed by atoms with van der Waals surface area (Å²) in [7, 11) is 0. The minimum Gasteiger partial charge on any atom is -0.477 e. The molecular formula is C11H14N2O4S. The lowest BCUT2D eigenvalue weighted by Crippen LogP contribution is -2.35. The topological polar surface area (TPSA) is 92.2 Å². The highest BCUT2D eigenvalue weighted by atomic mass is 32.2. The van der Waals surface area contributed by atoms with E-state index >= 15 is 0 Å². The van der Waals surface area contributed by atoms with E-state index in [0.29, 0.717) is 12.5 Å². The van der Waals surface area contributed by atoms with E-state index in [9.17, 15) is 14.4 Å². The summed E-state index contributed by atoms with van der Waals surface area (Å²) in [4.78, 5) is 35.7. The molecule has 1 aromatic rings. The van der Waals surface area contributed by atoms with Gasteiger partial charge in [-0.25, -0.2) is 9.59 Å². The van der Waals surface area contributed by atoms with Gasteiger partial charge in [-0.05, 0) is 30.3 Å². The van der Waals surface area contributed by atoms with Crippen LogP contribution in [0.3, 0.4) is 0 Å². The average Bonchev–Trinajstić information content (AvgIpc) is 2.33. The Labute approximate surface area is 107 Å². The third-order valence-electron chi connectivity index (χ3n) is 2.95. The third-order valence-corrected chi connectivity index (χ3v) is 4.24. The second-order valence-electron chi connectivity index (χ2n) is 4.34. The summed E-state index contributed by atoms with van der Waals surface area (Å²) in [5.74, 6) is 1.14. The first-order chi connectivity index (χ1) is 8.58. The van der Waals surface area contributed by atoms with Crippen molar-refractivity contribution in [3.63, 3.8) is 0 Å². The van der Waals surface area contributed by atoms with E-state index in [1.807, 2.05) is 16.7 Å². The Bertz CT molecular complexity index is 557. The average molecular weight is 270 g/mol. The lowest BCUT2D eigenvalue weighted by Gasteiger charge is -2.21. The number of aromatic nitrogens is 2. The highest BCUT2D eigenvalue weighted by Gasteiger charge is 2.17. The Kier molecular flexibility index (Phi) is 3.90. The van der Waals surface area contributed by atoms with E-state index in [1.165, 1.54) is 4.57 Å². The molecule has 1 fully saturated rings. The first-order valence-electron chi connectivity index (χ1n) is 5.72. The van der Waals surface area contributed by atoms with Gasteiger partial charge in [0.25, 0.3) is 5.56 Å². The fraction of sp³-hybridized carbons (Fsp3) is 0.545. The van der Waals surface area contributed by atoms with Gasteiger partial charge in [0.1, 0.15) is 5.56 Å². The number of nitrogens with zero attached hydrogens (tertiary/aromatic N) is 1. The molecule has 0 radical (unpaired) electrons. The van der Waals surface area contributed by atoms with Crippen LogP contribution >= 0.6 is 11.8 Å². The molecule has 1 saturated heterocycles. The summed E-state index contributed by atoms with van der Waals surface area (Å²) in [6.07, 6.45) is 3.28. The summed E-state index contributed by atoms with van der Waals surface area (Å²) in [6.45, 7) is 0.461. The number of carboxylic acid groups (broad SMARTS) is 1. The zero-order valence-corrected chi connectivity index (χ0v) is 10.5. The minimum absolute atomic E-state index is 0.356. The number of hydrogen-bond donors (Lipinski definition) is 2. The number of H-pyrrole nitrogens is 1. The number of hydrogen-bond acceptors (Lipinski definition) is 4. The predicted molar refractivity (Wildman–Crippen MR) is 68.3 cm³/mol. The largest absolute Gasteiger partial charge is 0.477 e. The highest BCUT2D eigenvalue weighted by Crippen LogP contribution is 2.23. The van der Waals surface area contributed by atoms with E-state index in [1.54, 1.807) is 0 Å². The number of aromatic amines is 1. The second kappa shape index (κ2) is 5.43. The van der Waals surface area contributed by atoms with Crippen molar-refractivity contribution in [1.29, 1.82) is 0 Å². The predicted octanol–water partition coefficient (Wildman–Crippen LogP) is 0.378. The molecule has 1 aliphatic heterocycles. The van der Waals surface area contributed by atoms with Crippen LogP contribution in [0.2, 0.25) is 0 Å². The van der Waals surface area contributed by atoms with Crippen molar-refractivity contribution < 1.29 is 9.90 Å². The van der Waals surface area contributed by atoms with E-state index in [0.717, 1.165) is 30.5 Å². The highest BCUT2D eigenvalue weighted by molar-refractivity contribution is 7.99. The van der Waals surface area contributed by atoms with Gasteiger partial charge >= 0.3 is 11.7 Å². The van der Waals surface area contributed by atoms with Crippen LogP contribution in [0.4, 0.5) is 0 Å². The maximum atomic E-state index is 11.6. The number of thioether (sulfide) groups is 1. The molecule has 0 bridgehead atoms. The van der Waals surface area contributed by atoms with Crippen LogP contribution in [-0.4, -0.2) is 32.1 Å². The van der Waals surface area contributed by atoms with Gasteiger partial charge in [0.2, 0.25) is 0 Å². The Morgan fingerprint density at radius 1 is 1.56 bits per heavy atom. The first kappa shape index (κ1) is 12.9. The van der Waals surface area contributed by atoms with E-state index in [4.69, 9.17) is 5.11 Å². The summed E-state index contributed by atoms with van der Waals surface area (Å²) in [6, 6.07) is 0. The van der Waals surface area contributed by atoms with Gasteiger partial charge in [-0.15, -0.1) is 0 Å². The van der Waals surface area contributed by atoms with Gasteiger partial charge in [0.15, 0.2) is 0 Å². The SMILES string of the molecule is O=C(O)c1cn(CC2CCCSC2)c(=O)[nH]c1=O. The molecule has 18 heavy (non-hydrogen) atoms. The second-order valence-corrected chi connectivity index (χ2v) is 5.49. The maximum absolute atomic E-state index is 11.6. The van der Waals surface area contributed by atoms with Crippen molar-refractivity contribution in [3.8, 4) is 0 Å². The van der Waals surface area contributed by atoms with Gasteiger partial charge < -0.3 is 5.11 Å². The molecule has 0 saturated carbocycles. The van der Waals surface area contributed by atoms with Crippen LogP contribution in [-0.2, 0) is 6.54 Å². The summed E-state index contributed by atoms with van der Waals surface area (Å²) >= 11 is 1.84. The standard InChI is InChI=1S/C11H14N2O4S/c14-9-8(10(15)16)5-13(11(17)12-9)4-7-2-1-3-18-6-7/h5,7H,1-4,6H2,(H,15,16)(H,12,14,17). The maximum Gasteiger partial charge on any atom is 0.342 e. The molecule has 0 aliphatic carbocycles. The lowest BCUT2D eigenvalue weighted by atomic mass is 10.1. The van der Waals surface area contributed by atoms with Gasteiger partial charge in [0, 0.05) is 12.7 Å². The Hall–Kier alpha value is -1.50. The molecule has 2 rings (SSSR count). The van der Waals surface area contributed by atoms with Crippen molar-refractivity contribution in [2.45, 2.75) is 19.4 Å². The van der Waals surface area contributed by atoms with Crippen molar-refractivity contribution in [2.24, 2.45) is 5.92 Å². The van der Waals surface area contributed by atoms with E-state index < -0.39 is 22.8 Å². The van der Waals surface area contributed by atoms with E-state index in [2.05, 4.69) is 0 Å². The van der Waals surface area contributed by atoms with Crippen molar-refractivity contribution in [1.82, 2.24) is 9.55 Å². The van der Waals surface area contributed by atoms with Crippen LogP contribution in [0.1, 0.15) is 23.2 Å². The molecule has 0 spiro atoms. The van der Waals surface area contributed by atoms with E-state index in [-0.39, 0.29) is 0 Å². The molecule has 1 aliphatic rings. The molecule has 2 N–H and O–H groups in total. The van der Waals surface area contributed by atoms with Crippen LogP contribution in [0.5, 0.6) is 0 Å². The molecule has 1 atom stereocenters. The number of aromatic carboxylic acids is 1. The number of nitrogens with one attached hydrogen (secondary N) is 1. The fourth-order valence-corrected chi connectivity index (χ4v) is 3.17.